The van der Waals surface area contributed by atoms with E-state index in [2.05, 4.69) is 15.8 Å². The smallest absolute Gasteiger partial charge is 0.379 e. The van der Waals surface area contributed by atoms with Gasteiger partial charge in [0.05, 0.1) is 12.5 Å². The lowest BCUT2D eigenvalue weighted by atomic mass is 10.1. The van der Waals surface area contributed by atoms with Gasteiger partial charge in [-0.3, -0.25) is 9.59 Å². The van der Waals surface area contributed by atoms with Gasteiger partial charge in [-0.05, 0) is 65.7 Å². The number of benzene rings is 3. The van der Waals surface area contributed by atoms with Gasteiger partial charge >= 0.3 is 5.97 Å². The number of nitrogens with one attached hydrogen (secondary N) is 2. The van der Waals surface area contributed by atoms with Crippen molar-refractivity contribution < 1.29 is 33.0 Å². The van der Waals surface area contributed by atoms with E-state index in [9.17, 15) is 14.4 Å². The molecule has 0 bridgehead atoms. The van der Waals surface area contributed by atoms with E-state index in [1.165, 1.54) is 24.6 Å². The fourth-order valence-corrected chi connectivity index (χ4v) is 3.55. The first-order valence-corrected chi connectivity index (χ1v) is 11.7. The molecule has 2 amide bonds. The molecule has 2 N–H and O–H groups in total. The van der Waals surface area contributed by atoms with Crippen LogP contribution in [0.5, 0.6) is 17.2 Å². The highest BCUT2D eigenvalue weighted by Gasteiger charge is 2.17. The maximum absolute atomic E-state index is 13.0. The largest absolute Gasteiger partial charge is 0.457 e. The Kier molecular flexibility index (Phi) is 7.45. The maximum Gasteiger partial charge on any atom is 0.379 e. The van der Waals surface area contributed by atoms with Crippen LogP contribution in [0.1, 0.15) is 32.0 Å². The molecule has 2 heterocycles. The van der Waals surface area contributed by atoms with Crippen LogP contribution in [0.4, 0.5) is 0 Å². The van der Waals surface area contributed by atoms with Crippen LogP contribution in [0.2, 0.25) is 0 Å². The van der Waals surface area contributed by atoms with Crippen LogP contribution in [0.3, 0.4) is 0 Å². The molecule has 1 aliphatic heterocycles. The summed E-state index contributed by atoms with van der Waals surface area (Å²) in [4.78, 5) is 37.9. The molecule has 0 radical (unpaired) electrons. The molecule has 4 aromatic rings. The van der Waals surface area contributed by atoms with Crippen molar-refractivity contribution in [3.8, 4) is 17.2 Å². The summed E-state index contributed by atoms with van der Waals surface area (Å²) in [7, 11) is 0. The minimum Gasteiger partial charge on any atom is -0.457 e. The fraction of sp³-hybridized carbons (Fsp3) is 0.0345. The third-order valence-electron chi connectivity index (χ3n) is 5.41. The van der Waals surface area contributed by atoms with E-state index in [1.807, 2.05) is 0 Å². The molecule has 0 fully saturated rings. The van der Waals surface area contributed by atoms with Gasteiger partial charge in [0.25, 0.3) is 11.8 Å². The number of rotatable bonds is 8. The molecule has 39 heavy (non-hydrogen) atoms. The van der Waals surface area contributed by atoms with Gasteiger partial charge in [0, 0.05) is 5.56 Å². The standard InChI is InChI=1S/C29H21N3O7/c33-27(21-7-2-1-3-8-21)31-23(15-19-11-12-24-26(16-19)38-18-37-24)28(34)32-30-17-20-6-4-9-22(14-20)39-29(35)25-10-5-13-36-25/h1-17H,18H2,(H,31,33)(H,32,34)/b23-15-,30-17-. The van der Waals surface area contributed by atoms with Crippen molar-refractivity contribution in [3.63, 3.8) is 0 Å². The molecule has 0 saturated carbocycles. The Labute approximate surface area is 222 Å². The first kappa shape index (κ1) is 25.0. The van der Waals surface area contributed by atoms with Crippen molar-refractivity contribution in [3.05, 3.63) is 119 Å². The average molecular weight is 524 g/mol. The monoisotopic (exact) mass is 523 g/mol. The number of carbonyl (C=O) groups excluding carboxylic acids is 3. The lowest BCUT2D eigenvalue weighted by Gasteiger charge is -2.09. The summed E-state index contributed by atoms with van der Waals surface area (Å²) < 4.78 is 21.1. The quantitative estimate of drug-likeness (QED) is 0.117. The summed E-state index contributed by atoms with van der Waals surface area (Å²) >= 11 is 0. The maximum atomic E-state index is 13.0. The Morgan fingerprint density at radius 3 is 2.51 bits per heavy atom. The third-order valence-corrected chi connectivity index (χ3v) is 5.41. The van der Waals surface area contributed by atoms with Crippen LogP contribution < -0.4 is 25.0 Å². The Morgan fingerprint density at radius 2 is 1.69 bits per heavy atom. The first-order valence-electron chi connectivity index (χ1n) is 11.7. The summed E-state index contributed by atoms with van der Waals surface area (Å²) in [5.41, 5.74) is 3.91. The predicted molar refractivity (Wildman–Crippen MR) is 140 cm³/mol. The van der Waals surface area contributed by atoms with Gasteiger partial charge in [0.15, 0.2) is 11.5 Å². The van der Waals surface area contributed by atoms with Gasteiger partial charge in [-0.15, -0.1) is 0 Å². The van der Waals surface area contributed by atoms with Crippen molar-refractivity contribution in [2.45, 2.75) is 0 Å². The number of hydrogen-bond donors (Lipinski definition) is 2. The molecule has 0 saturated heterocycles. The number of hydrazone groups is 1. The van der Waals surface area contributed by atoms with Crippen LogP contribution in [-0.4, -0.2) is 30.8 Å². The Bertz CT molecular complexity index is 1560. The lowest BCUT2D eigenvalue weighted by Crippen LogP contribution is -2.32. The van der Waals surface area contributed by atoms with Crippen molar-refractivity contribution in [2.24, 2.45) is 5.10 Å². The average Bonchev–Trinajstić information content (AvgIpc) is 3.66. The van der Waals surface area contributed by atoms with E-state index in [4.69, 9.17) is 18.6 Å². The van der Waals surface area contributed by atoms with Crippen molar-refractivity contribution in [2.75, 3.05) is 6.79 Å². The van der Waals surface area contributed by atoms with Gasteiger partial charge in [0.1, 0.15) is 11.4 Å². The summed E-state index contributed by atoms with van der Waals surface area (Å²) in [5.74, 6) is -0.307. The summed E-state index contributed by atoms with van der Waals surface area (Å²) in [6.07, 6.45) is 4.25. The molecule has 5 rings (SSSR count). The van der Waals surface area contributed by atoms with E-state index in [0.29, 0.717) is 28.2 Å². The Morgan fingerprint density at radius 1 is 0.846 bits per heavy atom. The zero-order valence-electron chi connectivity index (χ0n) is 20.3. The zero-order chi connectivity index (χ0) is 27.0. The van der Waals surface area contributed by atoms with Gasteiger partial charge < -0.3 is 23.9 Å². The number of esters is 1. The van der Waals surface area contributed by atoms with E-state index < -0.39 is 17.8 Å². The van der Waals surface area contributed by atoms with E-state index in [1.54, 1.807) is 78.9 Å². The van der Waals surface area contributed by atoms with Gasteiger partial charge in [-0.25, -0.2) is 10.2 Å². The highest BCUT2D eigenvalue weighted by Crippen LogP contribution is 2.33. The second-order valence-electron chi connectivity index (χ2n) is 8.13. The molecule has 0 atom stereocenters. The minimum atomic E-state index is -0.659. The van der Waals surface area contributed by atoms with Crippen LogP contribution >= 0.6 is 0 Å². The Balaban J connectivity index is 1.30. The van der Waals surface area contributed by atoms with Crippen LogP contribution in [0, 0.1) is 0 Å². The van der Waals surface area contributed by atoms with Gasteiger partial charge in [-0.2, -0.15) is 5.10 Å². The van der Waals surface area contributed by atoms with Crippen LogP contribution in [0.25, 0.3) is 6.08 Å². The first-order chi connectivity index (χ1) is 19.0. The van der Waals surface area contributed by atoms with Crippen molar-refractivity contribution >= 4 is 30.1 Å². The number of hydrogen-bond acceptors (Lipinski definition) is 8. The molecule has 1 aliphatic rings. The molecule has 0 aliphatic carbocycles. The number of carbonyl (C=O) groups is 3. The molecule has 0 spiro atoms. The summed E-state index contributed by atoms with van der Waals surface area (Å²) in [6.45, 7) is 0.110. The van der Waals surface area contributed by atoms with Crippen molar-refractivity contribution in [1.29, 1.82) is 0 Å². The van der Waals surface area contributed by atoms with Crippen LogP contribution in [0.15, 0.2) is 106 Å². The highest BCUT2D eigenvalue weighted by atomic mass is 16.7. The van der Waals surface area contributed by atoms with E-state index in [-0.39, 0.29) is 24.0 Å². The molecule has 10 nitrogen and oxygen atoms in total. The molecule has 194 valence electrons. The molecule has 1 aromatic heterocycles. The zero-order valence-corrected chi connectivity index (χ0v) is 20.3. The number of ether oxygens (including phenoxy) is 3. The van der Waals surface area contributed by atoms with Gasteiger partial charge in [-0.1, -0.05) is 36.4 Å². The molecular formula is C29H21N3O7. The van der Waals surface area contributed by atoms with E-state index >= 15 is 0 Å². The SMILES string of the molecule is O=C(N/N=C\c1cccc(OC(=O)c2ccco2)c1)/C(=C/c1ccc2c(c1)OCO2)NC(=O)c1ccccc1. The predicted octanol–water partition coefficient (Wildman–Crippen LogP) is 4.15. The number of fused-ring (bicyclic) bond motifs is 1. The molecule has 3 aromatic carbocycles. The third kappa shape index (κ3) is 6.38. The van der Waals surface area contributed by atoms with Crippen LogP contribution in [-0.2, 0) is 4.79 Å². The number of nitrogens with zero attached hydrogens (tertiary/aromatic N) is 1. The normalized spacial score (nSPS) is 12.3. The van der Waals surface area contributed by atoms with Crippen molar-refractivity contribution in [1.82, 2.24) is 10.7 Å². The number of amides is 2. The van der Waals surface area contributed by atoms with Gasteiger partial charge in [0.2, 0.25) is 12.6 Å². The summed E-state index contributed by atoms with van der Waals surface area (Å²) in [5, 5.41) is 6.63. The fourth-order valence-electron chi connectivity index (χ4n) is 3.55. The highest BCUT2D eigenvalue weighted by molar-refractivity contribution is 6.05. The lowest BCUT2D eigenvalue weighted by molar-refractivity contribution is -0.117. The second-order valence-corrected chi connectivity index (χ2v) is 8.13. The Hall–Kier alpha value is -5.64. The molecule has 10 heteroatoms. The minimum absolute atomic E-state index is 0.0407. The van der Waals surface area contributed by atoms with E-state index in [0.717, 1.165) is 0 Å². The molecular weight excluding hydrogens is 502 g/mol. The summed E-state index contributed by atoms with van der Waals surface area (Å²) in [6, 6.07) is 23.3. The molecule has 0 unspecified atom stereocenters. The second kappa shape index (κ2) is 11.6. The topological polar surface area (TPSA) is 128 Å². The number of furan rings is 1.